The molecular formula is C24H28ClN5O4. The Kier molecular flexibility index (Phi) is 7.23. The molecule has 1 amide bonds. The fraction of sp³-hybridized carbons (Fsp3) is 0.375. The van der Waals surface area contributed by atoms with Crippen molar-refractivity contribution in [3.05, 3.63) is 58.6 Å². The highest BCUT2D eigenvalue weighted by Crippen LogP contribution is 2.40. The summed E-state index contributed by atoms with van der Waals surface area (Å²) < 4.78 is 18.1. The standard InChI is InChI=1S/C24H28ClN5O4/c1-16-26-23(27-30(16)19-8-6-5-7-18(19)25)24(31)29-13-11-28(12-14-29)15-17-9-10-20(32-2)22(34-4)21(17)33-3/h5-10H,11-15H2,1-4H3. The first kappa shape index (κ1) is 23.8. The molecule has 2 aromatic carbocycles. The van der Waals surface area contributed by atoms with Crippen molar-refractivity contribution in [2.24, 2.45) is 0 Å². The van der Waals surface area contributed by atoms with Crippen molar-refractivity contribution in [2.45, 2.75) is 13.5 Å². The van der Waals surface area contributed by atoms with Crippen LogP contribution in [0, 0.1) is 6.92 Å². The third kappa shape index (κ3) is 4.67. The maximum absolute atomic E-state index is 13.1. The second-order valence-corrected chi connectivity index (χ2v) is 8.31. The highest BCUT2D eigenvalue weighted by Gasteiger charge is 2.27. The van der Waals surface area contributed by atoms with E-state index in [0.29, 0.717) is 66.5 Å². The number of carbonyl (C=O) groups excluding carboxylic acids is 1. The van der Waals surface area contributed by atoms with Gasteiger partial charge in [0.2, 0.25) is 11.6 Å². The number of aryl methyl sites for hydroxylation is 1. The molecule has 0 unspecified atom stereocenters. The van der Waals surface area contributed by atoms with Gasteiger partial charge in [-0.05, 0) is 25.1 Å². The molecule has 34 heavy (non-hydrogen) atoms. The van der Waals surface area contributed by atoms with Gasteiger partial charge in [0.05, 0.1) is 32.0 Å². The molecule has 1 aliphatic heterocycles. The molecule has 3 aromatic rings. The summed E-state index contributed by atoms with van der Waals surface area (Å²) in [5.74, 6) is 2.45. The van der Waals surface area contributed by atoms with Gasteiger partial charge in [0.1, 0.15) is 5.82 Å². The van der Waals surface area contributed by atoms with Gasteiger partial charge in [-0.15, -0.1) is 5.10 Å². The second kappa shape index (κ2) is 10.3. The average molecular weight is 486 g/mol. The monoisotopic (exact) mass is 485 g/mol. The van der Waals surface area contributed by atoms with Gasteiger partial charge in [-0.25, -0.2) is 9.67 Å². The van der Waals surface area contributed by atoms with Crippen molar-refractivity contribution >= 4 is 17.5 Å². The number of hydrogen-bond donors (Lipinski definition) is 0. The number of aromatic nitrogens is 3. The van der Waals surface area contributed by atoms with Crippen LogP contribution >= 0.6 is 11.6 Å². The maximum Gasteiger partial charge on any atom is 0.293 e. The molecule has 180 valence electrons. The number of methoxy groups -OCH3 is 3. The van der Waals surface area contributed by atoms with Gasteiger partial charge in [-0.3, -0.25) is 9.69 Å². The molecule has 1 aromatic heterocycles. The van der Waals surface area contributed by atoms with E-state index in [-0.39, 0.29) is 11.7 Å². The molecule has 1 fully saturated rings. The van der Waals surface area contributed by atoms with Crippen molar-refractivity contribution in [1.82, 2.24) is 24.6 Å². The van der Waals surface area contributed by atoms with E-state index in [1.165, 1.54) is 0 Å². The van der Waals surface area contributed by atoms with E-state index in [0.717, 1.165) is 5.56 Å². The fourth-order valence-corrected chi connectivity index (χ4v) is 4.33. The molecule has 4 rings (SSSR count). The normalized spacial score (nSPS) is 14.2. The second-order valence-electron chi connectivity index (χ2n) is 7.91. The molecule has 1 aliphatic rings. The summed E-state index contributed by atoms with van der Waals surface area (Å²) in [6.07, 6.45) is 0. The summed E-state index contributed by atoms with van der Waals surface area (Å²) in [7, 11) is 4.81. The van der Waals surface area contributed by atoms with Crippen LogP contribution in [-0.2, 0) is 6.54 Å². The molecule has 2 heterocycles. The van der Waals surface area contributed by atoms with Gasteiger partial charge in [-0.1, -0.05) is 29.8 Å². The number of benzene rings is 2. The van der Waals surface area contributed by atoms with E-state index in [1.54, 1.807) is 37.0 Å². The lowest BCUT2D eigenvalue weighted by Crippen LogP contribution is -2.48. The first-order valence-corrected chi connectivity index (χ1v) is 11.3. The van der Waals surface area contributed by atoms with Gasteiger partial charge >= 0.3 is 0 Å². The van der Waals surface area contributed by atoms with Crippen LogP contribution in [0.2, 0.25) is 5.02 Å². The fourth-order valence-electron chi connectivity index (χ4n) is 4.11. The number of carbonyl (C=O) groups is 1. The quantitative estimate of drug-likeness (QED) is 0.508. The molecule has 10 heteroatoms. The lowest BCUT2D eigenvalue weighted by molar-refractivity contribution is 0.0615. The summed E-state index contributed by atoms with van der Waals surface area (Å²) in [4.78, 5) is 21.5. The van der Waals surface area contributed by atoms with Crippen LogP contribution in [0.15, 0.2) is 36.4 Å². The predicted octanol–water partition coefficient (Wildman–Crippen LogP) is 3.21. The van der Waals surface area contributed by atoms with Crippen LogP contribution in [0.3, 0.4) is 0 Å². The maximum atomic E-state index is 13.1. The summed E-state index contributed by atoms with van der Waals surface area (Å²) in [5.41, 5.74) is 1.69. The van der Waals surface area contributed by atoms with Gasteiger partial charge in [-0.2, -0.15) is 0 Å². The van der Waals surface area contributed by atoms with Crippen LogP contribution in [0.5, 0.6) is 17.2 Å². The number of rotatable bonds is 7. The van der Waals surface area contributed by atoms with Gasteiger partial charge in [0.25, 0.3) is 5.91 Å². The largest absolute Gasteiger partial charge is 0.493 e. The van der Waals surface area contributed by atoms with Crippen molar-refractivity contribution in [3.63, 3.8) is 0 Å². The summed E-state index contributed by atoms with van der Waals surface area (Å²) >= 11 is 6.30. The van der Waals surface area contributed by atoms with Crippen LogP contribution in [0.25, 0.3) is 5.69 Å². The third-order valence-electron chi connectivity index (χ3n) is 5.88. The topological polar surface area (TPSA) is 82.0 Å². The van der Waals surface area contributed by atoms with Crippen molar-refractivity contribution in [2.75, 3.05) is 47.5 Å². The number of para-hydroxylation sites is 1. The minimum absolute atomic E-state index is 0.174. The number of hydrogen-bond acceptors (Lipinski definition) is 7. The summed E-state index contributed by atoms with van der Waals surface area (Å²) in [6.45, 7) is 5.06. The van der Waals surface area contributed by atoms with Crippen LogP contribution in [-0.4, -0.2) is 78.0 Å². The zero-order chi connectivity index (χ0) is 24.2. The zero-order valence-electron chi connectivity index (χ0n) is 19.7. The molecule has 0 N–H and O–H groups in total. The molecule has 0 radical (unpaired) electrons. The van der Waals surface area contributed by atoms with Crippen LogP contribution < -0.4 is 14.2 Å². The van der Waals surface area contributed by atoms with Crippen molar-refractivity contribution < 1.29 is 19.0 Å². The Bertz CT molecular complexity index is 1170. The highest BCUT2D eigenvalue weighted by molar-refractivity contribution is 6.32. The minimum atomic E-state index is -0.183. The molecule has 0 atom stereocenters. The molecule has 0 aliphatic carbocycles. The molecule has 0 bridgehead atoms. The third-order valence-corrected chi connectivity index (χ3v) is 6.20. The predicted molar refractivity (Wildman–Crippen MR) is 128 cm³/mol. The van der Waals surface area contributed by atoms with E-state index >= 15 is 0 Å². The SMILES string of the molecule is COc1ccc(CN2CCN(C(=O)c3nc(C)n(-c4ccccc4Cl)n3)CC2)c(OC)c1OC. The zero-order valence-corrected chi connectivity index (χ0v) is 20.5. The molecule has 1 saturated heterocycles. The van der Waals surface area contributed by atoms with E-state index in [9.17, 15) is 4.79 Å². The van der Waals surface area contributed by atoms with E-state index in [4.69, 9.17) is 25.8 Å². The number of ether oxygens (including phenoxy) is 3. The smallest absolute Gasteiger partial charge is 0.293 e. The van der Waals surface area contributed by atoms with Crippen LogP contribution in [0.1, 0.15) is 22.0 Å². The molecule has 0 spiro atoms. The number of nitrogens with zero attached hydrogens (tertiary/aromatic N) is 5. The molecule has 0 saturated carbocycles. The van der Waals surface area contributed by atoms with E-state index in [1.807, 2.05) is 37.3 Å². The minimum Gasteiger partial charge on any atom is -0.493 e. The van der Waals surface area contributed by atoms with Gasteiger partial charge in [0, 0.05) is 38.3 Å². The summed E-state index contributed by atoms with van der Waals surface area (Å²) in [6, 6.07) is 11.2. The Morgan fingerprint density at radius 1 is 0.971 bits per heavy atom. The Balaban J connectivity index is 1.43. The number of piperazine rings is 1. The van der Waals surface area contributed by atoms with Crippen molar-refractivity contribution in [3.8, 4) is 22.9 Å². The average Bonchev–Trinajstić information content (AvgIpc) is 3.25. The van der Waals surface area contributed by atoms with Crippen LogP contribution in [0.4, 0.5) is 0 Å². The lowest BCUT2D eigenvalue weighted by atomic mass is 10.1. The number of halogens is 1. The first-order valence-electron chi connectivity index (χ1n) is 10.9. The molecule has 9 nitrogen and oxygen atoms in total. The Morgan fingerprint density at radius 3 is 2.32 bits per heavy atom. The number of amides is 1. The molecular weight excluding hydrogens is 458 g/mol. The summed E-state index contributed by atoms with van der Waals surface area (Å²) in [5, 5.41) is 4.98. The Morgan fingerprint density at radius 2 is 1.68 bits per heavy atom. The Hall–Kier alpha value is -3.30. The van der Waals surface area contributed by atoms with Crippen molar-refractivity contribution in [1.29, 1.82) is 0 Å². The highest BCUT2D eigenvalue weighted by atomic mass is 35.5. The van der Waals surface area contributed by atoms with E-state index in [2.05, 4.69) is 15.0 Å². The van der Waals surface area contributed by atoms with Gasteiger partial charge in [0.15, 0.2) is 11.5 Å². The van der Waals surface area contributed by atoms with Gasteiger partial charge < -0.3 is 19.1 Å². The Labute approximate surface area is 203 Å². The van der Waals surface area contributed by atoms with E-state index < -0.39 is 0 Å². The first-order chi connectivity index (χ1) is 16.5. The lowest BCUT2D eigenvalue weighted by Gasteiger charge is -2.34.